The molecule has 3 aromatic rings. The number of benzene rings is 2. The Balaban J connectivity index is 1.27. The zero-order chi connectivity index (χ0) is 21.2. The van der Waals surface area contributed by atoms with Crippen molar-refractivity contribution in [2.75, 3.05) is 18.4 Å². The van der Waals surface area contributed by atoms with Gasteiger partial charge in [0.05, 0.1) is 11.4 Å². The summed E-state index contributed by atoms with van der Waals surface area (Å²) < 4.78 is 1.81. The van der Waals surface area contributed by atoms with Crippen LogP contribution in [0.15, 0.2) is 60.7 Å². The summed E-state index contributed by atoms with van der Waals surface area (Å²) in [7, 11) is 0. The first-order chi connectivity index (χ1) is 15.2. The third-order valence-electron chi connectivity index (χ3n) is 6.07. The quantitative estimate of drug-likeness (QED) is 0.690. The number of nitrogens with zero attached hydrogens (tertiary/aromatic N) is 4. The van der Waals surface area contributed by atoms with Gasteiger partial charge in [0.25, 0.3) is 5.91 Å². The summed E-state index contributed by atoms with van der Waals surface area (Å²) >= 11 is 0. The number of rotatable bonds is 5. The molecule has 158 valence electrons. The molecule has 7 nitrogen and oxygen atoms in total. The van der Waals surface area contributed by atoms with Crippen molar-refractivity contribution in [1.82, 2.24) is 19.9 Å². The number of carbonyl (C=O) groups excluding carboxylic acids is 2. The molecule has 0 spiro atoms. The van der Waals surface area contributed by atoms with Gasteiger partial charge in [-0.3, -0.25) is 9.59 Å². The molecular weight excluding hydrogens is 390 g/mol. The first-order valence-electron chi connectivity index (χ1n) is 10.9. The second kappa shape index (κ2) is 8.34. The van der Waals surface area contributed by atoms with E-state index in [1.807, 2.05) is 70.2 Å². The van der Waals surface area contributed by atoms with Gasteiger partial charge in [-0.1, -0.05) is 41.6 Å². The van der Waals surface area contributed by atoms with Crippen LogP contribution in [0.3, 0.4) is 0 Å². The highest BCUT2D eigenvalue weighted by atomic mass is 16.2. The molecule has 1 N–H and O–H groups in total. The van der Waals surface area contributed by atoms with Gasteiger partial charge in [0.2, 0.25) is 5.91 Å². The minimum absolute atomic E-state index is 0.0204. The fourth-order valence-electron chi connectivity index (χ4n) is 4.18. The Kier molecular flexibility index (Phi) is 5.24. The second-order valence-corrected chi connectivity index (χ2v) is 8.27. The van der Waals surface area contributed by atoms with E-state index in [0.717, 1.165) is 29.9 Å². The smallest absolute Gasteiger partial charge is 0.276 e. The van der Waals surface area contributed by atoms with Crippen molar-refractivity contribution in [3.05, 3.63) is 72.1 Å². The van der Waals surface area contributed by atoms with E-state index < -0.39 is 0 Å². The van der Waals surface area contributed by atoms with Crippen molar-refractivity contribution in [1.29, 1.82) is 0 Å². The molecule has 2 aliphatic rings. The Labute approximate surface area is 181 Å². The van der Waals surface area contributed by atoms with Crippen molar-refractivity contribution < 1.29 is 9.59 Å². The number of nitrogens with one attached hydrogen (secondary N) is 1. The first kappa shape index (κ1) is 19.5. The van der Waals surface area contributed by atoms with Gasteiger partial charge in [-0.2, -0.15) is 0 Å². The normalized spacial score (nSPS) is 16.8. The lowest BCUT2D eigenvalue weighted by molar-refractivity contribution is -0.121. The monoisotopic (exact) mass is 415 g/mol. The van der Waals surface area contributed by atoms with Crippen LogP contribution in [0.2, 0.25) is 0 Å². The highest BCUT2D eigenvalue weighted by Gasteiger charge is 2.37. The Morgan fingerprint density at radius 2 is 1.52 bits per heavy atom. The van der Waals surface area contributed by atoms with Crippen LogP contribution in [0.25, 0.3) is 5.69 Å². The molecule has 2 aromatic carbocycles. The van der Waals surface area contributed by atoms with E-state index in [1.165, 1.54) is 0 Å². The molecule has 5 rings (SSSR count). The van der Waals surface area contributed by atoms with E-state index in [2.05, 4.69) is 15.6 Å². The molecule has 0 atom stereocenters. The van der Waals surface area contributed by atoms with Crippen LogP contribution in [0.4, 0.5) is 5.69 Å². The molecule has 0 bridgehead atoms. The predicted molar refractivity (Wildman–Crippen MR) is 117 cm³/mol. The predicted octanol–water partition coefficient (Wildman–Crippen LogP) is 3.64. The van der Waals surface area contributed by atoms with Crippen molar-refractivity contribution >= 4 is 17.5 Å². The number of aromatic nitrogens is 3. The van der Waals surface area contributed by atoms with Gasteiger partial charge in [0, 0.05) is 30.6 Å². The Morgan fingerprint density at radius 1 is 0.871 bits per heavy atom. The number of carbonyl (C=O) groups is 2. The molecule has 2 heterocycles. The maximum atomic E-state index is 13.3. The van der Waals surface area contributed by atoms with Gasteiger partial charge in [-0.05, 0) is 49.9 Å². The maximum Gasteiger partial charge on any atom is 0.276 e. The summed E-state index contributed by atoms with van der Waals surface area (Å²) in [6, 6.07) is 19.3. The number of hydrogen-bond acceptors (Lipinski definition) is 4. The van der Waals surface area contributed by atoms with Gasteiger partial charge in [-0.25, -0.2) is 4.68 Å². The lowest BCUT2D eigenvalue weighted by atomic mass is 9.95. The van der Waals surface area contributed by atoms with Gasteiger partial charge in [0.15, 0.2) is 5.69 Å². The average Bonchev–Trinajstić information content (AvgIpc) is 3.57. The molecule has 1 aliphatic carbocycles. The molecule has 7 heteroatoms. The molecule has 1 aromatic heterocycles. The fourth-order valence-corrected chi connectivity index (χ4v) is 4.18. The van der Waals surface area contributed by atoms with Crippen molar-refractivity contribution in [3.8, 4) is 5.69 Å². The maximum absolute atomic E-state index is 13.3. The minimum Gasteiger partial charge on any atom is -0.337 e. The summed E-state index contributed by atoms with van der Waals surface area (Å²) in [6.45, 7) is 1.10. The first-order valence-corrected chi connectivity index (χ1v) is 10.9. The number of para-hydroxylation sites is 2. The van der Waals surface area contributed by atoms with E-state index in [9.17, 15) is 9.59 Å². The molecule has 0 unspecified atom stereocenters. The van der Waals surface area contributed by atoms with E-state index in [4.69, 9.17) is 0 Å². The molecule has 2 fully saturated rings. The largest absolute Gasteiger partial charge is 0.337 e. The molecule has 2 amide bonds. The fraction of sp³-hybridized carbons (Fsp3) is 0.333. The number of amides is 2. The lowest BCUT2D eigenvalue weighted by Gasteiger charge is -2.31. The van der Waals surface area contributed by atoms with E-state index in [1.54, 1.807) is 0 Å². The Morgan fingerprint density at radius 3 is 2.16 bits per heavy atom. The summed E-state index contributed by atoms with van der Waals surface area (Å²) in [5, 5.41) is 11.6. The van der Waals surface area contributed by atoms with Crippen LogP contribution in [0.1, 0.15) is 47.8 Å². The van der Waals surface area contributed by atoms with Gasteiger partial charge in [0.1, 0.15) is 0 Å². The highest BCUT2D eigenvalue weighted by molar-refractivity contribution is 5.95. The standard InChI is InChI=1S/C24H25N5O2/c30-23(25-19-7-3-1-4-8-19)18-13-15-28(16-14-18)24(31)21-22(17-11-12-17)29(27-26-21)20-9-5-2-6-10-20/h1-10,17-18H,11-16H2,(H,25,30). The minimum atomic E-state index is -0.0906. The van der Waals surface area contributed by atoms with Crippen LogP contribution in [-0.2, 0) is 4.79 Å². The molecule has 1 saturated carbocycles. The van der Waals surface area contributed by atoms with Gasteiger partial charge >= 0.3 is 0 Å². The molecule has 1 aliphatic heterocycles. The Bertz CT molecular complexity index is 1070. The van der Waals surface area contributed by atoms with Crippen molar-refractivity contribution in [2.24, 2.45) is 5.92 Å². The summed E-state index contributed by atoms with van der Waals surface area (Å²) in [6.07, 6.45) is 3.41. The van der Waals surface area contributed by atoms with Gasteiger partial charge in [-0.15, -0.1) is 5.10 Å². The topological polar surface area (TPSA) is 80.1 Å². The number of anilines is 1. The molecular formula is C24H25N5O2. The number of likely N-dealkylation sites (tertiary alicyclic amines) is 1. The zero-order valence-electron chi connectivity index (χ0n) is 17.3. The van der Waals surface area contributed by atoms with E-state index >= 15 is 0 Å². The van der Waals surface area contributed by atoms with E-state index in [-0.39, 0.29) is 17.7 Å². The third-order valence-corrected chi connectivity index (χ3v) is 6.07. The summed E-state index contributed by atoms with van der Waals surface area (Å²) in [4.78, 5) is 27.7. The number of hydrogen-bond donors (Lipinski definition) is 1. The summed E-state index contributed by atoms with van der Waals surface area (Å²) in [5.74, 6) is 0.188. The molecule has 31 heavy (non-hydrogen) atoms. The van der Waals surface area contributed by atoms with Crippen molar-refractivity contribution in [3.63, 3.8) is 0 Å². The number of piperidine rings is 1. The SMILES string of the molecule is O=C(Nc1ccccc1)C1CCN(C(=O)c2nnn(-c3ccccc3)c2C2CC2)CC1. The van der Waals surface area contributed by atoms with Crippen LogP contribution in [-0.4, -0.2) is 44.8 Å². The average molecular weight is 415 g/mol. The molecule has 1 saturated heterocycles. The zero-order valence-corrected chi connectivity index (χ0v) is 17.3. The van der Waals surface area contributed by atoms with E-state index in [0.29, 0.717) is 37.5 Å². The second-order valence-electron chi connectivity index (χ2n) is 8.27. The third kappa shape index (κ3) is 4.08. The van der Waals surface area contributed by atoms with Crippen molar-refractivity contribution in [2.45, 2.75) is 31.6 Å². The van der Waals surface area contributed by atoms with Crippen LogP contribution in [0, 0.1) is 5.92 Å². The highest BCUT2D eigenvalue weighted by Crippen LogP contribution is 2.42. The van der Waals surface area contributed by atoms with Crippen LogP contribution < -0.4 is 5.32 Å². The summed E-state index contributed by atoms with van der Waals surface area (Å²) in [5.41, 5.74) is 3.10. The molecule has 0 radical (unpaired) electrons. The van der Waals surface area contributed by atoms with Crippen LogP contribution >= 0.6 is 0 Å². The Hall–Kier alpha value is -3.48. The van der Waals surface area contributed by atoms with Gasteiger partial charge < -0.3 is 10.2 Å². The van der Waals surface area contributed by atoms with Crippen LogP contribution in [0.5, 0.6) is 0 Å². The lowest BCUT2D eigenvalue weighted by Crippen LogP contribution is -2.41.